The number of urea groups is 1. The second-order valence-corrected chi connectivity index (χ2v) is 6.76. The lowest BCUT2D eigenvalue weighted by atomic mass is 10.1. The summed E-state index contributed by atoms with van der Waals surface area (Å²) in [6.45, 7) is 0. The number of carbonyl (C=O) groups excluding carboxylic acids is 3. The third-order valence-electron chi connectivity index (χ3n) is 4.48. The van der Waals surface area contributed by atoms with Crippen LogP contribution in [0.4, 0.5) is 23.7 Å². The summed E-state index contributed by atoms with van der Waals surface area (Å²) >= 11 is 5.74. The molecule has 1 unspecified atom stereocenters. The Balaban J connectivity index is 1.99. The molecule has 1 aliphatic rings. The molecule has 31 heavy (non-hydrogen) atoms. The van der Waals surface area contributed by atoms with Gasteiger partial charge in [-0.15, -0.1) is 0 Å². The van der Waals surface area contributed by atoms with Crippen molar-refractivity contribution in [1.29, 1.82) is 0 Å². The number of rotatable bonds is 5. The molecule has 1 aliphatic heterocycles. The quantitative estimate of drug-likeness (QED) is 0.672. The molecule has 8 nitrogen and oxygen atoms in total. The molecule has 2 N–H and O–H groups in total. The molecule has 1 fully saturated rings. The van der Waals surface area contributed by atoms with Crippen LogP contribution in [0.25, 0.3) is 0 Å². The number of anilines is 1. The van der Waals surface area contributed by atoms with Crippen LogP contribution in [0, 0.1) is 0 Å². The fourth-order valence-electron chi connectivity index (χ4n) is 2.92. The molecule has 0 spiro atoms. The fraction of sp³-hybridized carbons (Fsp3) is 0.211. The third kappa shape index (κ3) is 3.83. The van der Waals surface area contributed by atoms with Crippen molar-refractivity contribution in [3.8, 4) is 11.5 Å². The zero-order valence-electron chi connectivity index (χ0n) is 16.0. The maximum Gasteiger partial charge on any atom is 0.440 e. The van der Waals surface area contributed by atoms with Gasteiger partial charge in [0.15, 0.2) is 11.5 Å². The van der Waals surface area contributed by atoms with Crippen molar-refractivity contribution >= 4 is 35.1 Å². The number of halogens is 4. The van der Waals surface area contributed by atoms with Gasteiger partial charge >= 0.3 is 12.2 Å². The molecule has 2 aromatic rings. The summed E-state index contributed by atoms with van der Waals surface area (Å²) < 4.78 is 52.0. The molecule has 0 aromatic heterocycles. The molecule has 0 radical (unpaired) electrons. The monoisotopic (exact) mass is 457 g/mol. The second kappa shape index (κ2) is 7.99. The molecular formula is C19H15ClF3N3O5. The standard InChI is InChI=1S/C19H15ClF3N3O5/c1-30-13-8-3-10(9-14(13)31-2)15(27)24-18(19(21,22)23)16(28)26(17(29)25-18)12-6-4-11(20)5-7-12/h3-9H,1-2H3,(H,24,27)(H,25,29). The van der Waals surface area contributed by atoms with Gasteiger partial charge in [-0.2, -0.15) is 13.2 Å². The first-order valence-corrected chi connectivity index (χ1v) is 8.95. The molecule has 0 aliphatic carbocycles. The van der Waals surface area contributed by atoms with Crippen LogP contribution in [0.5, 0.6) is 11.5 Å². The van der Waals surface area contributed by atoms with Gasteiger partial charge in [0.05, 0.1) is 19.9 Å². The van der Waals surface area contributed by atoms with Gasteiger partial charge in [0, 0.05) is 10.6 Å². The summed E-state index contributed by atoms with van der Waals surface area (Å²) in [5, 5.41) is 3.43. The van der Waals surface area contributed by atoms with Crippen LogP contribution in [0.1, 0.15) is 10.4 Å². The van der Waals surface area contributed by atoms with E-state index in [1.54, 1.807) is 10.6 Å². The first-order chi connectivity index (χ1) is 14.5. The highest BCUT2D eigenvalue weighted by Gasteiger charge is 2.69. The fourth-order valence-corrected chi connectivity index (χ4v) is 3.05. The molecular weight excluding hydrogens is 443 g/mol. The third-order valence-corrected chi connectivity index (χ3v) is 4.73. The lowest BCUT2D eigenvalue weighted by Crippen LogP contribution is -2.69. The molecule has 0 saturated carbocycles. The Kier molecular flexibility index (Phi) is 5.72. The Labute approximate surface area is 178 Å². The summed E-state index contributed by atoms with van der Waals surface area (Å²) in [5.41, 5.74) is -4.08. The van der Waals surface area contributed by atoms with Crippen LogP contribution < -0.4 is 25.0 Å². The van der Waals surface area contributed by atoms with E-state index >= 15 is 0 Å². The van der Waals surface area contributed by atoms with E-state index in [4.69, 9.17) is 21.1 Å². The molecule has 0 bridgehead atoms. The summed E-state index contributed by atoms with van der Waals surface area (Å²) in [6, 6.07) is 7.25. The van der Waals surface area contributed by atoms with Gasteiger partial charge in [0.2, 0.25) is 0 Å². The van der Waals surface area contributed by atoms with Gasteiger partial charge in [-0.1, -0.05) is 11.6 Å². The van der Waals surface area contributed by atoms with Gasteiger partial charge in [-0.25, -0.2) is 9.69 Å². The second-order valence-electron chi connectivity index (χ2n) is 6.32. The minimum absolute atomic E-state index is 0.0841. The minimum atomic E-state index is -5.35. The van der Waals surface area contributed by atoms with Crippen LogP contribution in [-0.2, 0) is 4.79 Å². The van der Waals surface area contributed by atoms with Gasteiger partial charge in [0.25, 0.3) is 17.5 Å². The van der Waals surface area contributed by atoms with Crippen LogP contribution in [0.2, 0.25) is 5.02 Å². The highest BCUT2D eigenvalue weighted by molar-refractivity contribution is 6.31. The Hall–Kier alpha value is -3.47. The molecule has 1 atom stereocenters. The number of imide groups is 1. The first-order valence-electron chi connectivity index (χ1n) is 8.57. The number of alkyl halides is 3. The summed E-state index contributed by atoms with van der Waals surface area (Å²) in [7, 11) is 2.62. The largest absolute Gasteiger partial charge is 0.493 e. The van der Waals surface area contributed by atoms with Crippen molar-refractivity contribution < 1.29 is 37.0 Å². The topological polar surface area (TPSA) is 97.0 Å². The molecule has 164 valence electrons. The number of nitrogens with zero attached hydrogens (tertiary/aromatic N) is 1. The van der Waals surface area contributed by atoms with Crippen molar-refractivity contribution in [2.24, 2.45) is 0 Å². The van der Waals surface area contributed by atoms with E-state index in [-0.39, 0.29) is 32.7 Å². The zero-order chi connectivity index (χ0) is 23.0. The van der Waals surface area contributed by atoms with E-state index in [2.05, 4.69) is 0 Å². The average molecular weight is 458 g/mol. The predicted octanol–water partition coefficient (Wildman–Crippen LogP) is 3.10. The first kappa shape index (κ1) is 22.2. The average Bonchev–Trinajstić information content (AvgIpc) is 2.98. The van der Waals surface area contributed by atoms with Crippen molar-refractivity contribution in [2.75, 3.05) is 19.1 Å². The number of amides is 4. The van der Waals surface area contributed by atoms with Crippen LogP contribution >= 0.6 is 11.6 Å². The van der Waals surface area contributed by atoms with Crippen molar-refractivity contribution in [1.82, 2.24) is 10.6 Å². The van der Waals surface area contributed by atoms with E-state index in [9.17, 15) is 27.6 Å². The number of hydrogen-bond donors (Lipinski definition) is 2. The number of methoxy groups -OCH3 is 2. The SMILES string of the molecule is COc1ccc(C(=O)NC2(C(F)(F)F)NC(=O)N(c3ccc(Cl)cc3)C2=O)cc1OC. The van der Waals surface area contributed by atoms with Crippen LogP contribution in [-0.4, -0.2) is 43.9 Å². The lowest BCUT2D eigenvalue weighted by molar-refractivity contribution is -0.197. The van der Waals surface area contributed by atoms with E-state index in [1.807, 2.05) is 0 Å². The van der Waals surface area contributed by atoms with Crippen LogP contribution in [0.3, 0.4) is 0 Å². The summed E-state index contributed by atoms with van der Waals surface area (Å²) in [6.07, 6.45) is -5.35. The van der Waals surface area contributed by atoms with Gasteiger partial charge in [-0.05, 0) is 42.5 Å². The van der Waals surface area contributed by atoms with Gasteiger partial charge in [-0.3, -0.25) is 14.9 Å². The van der Waals surface area contributed by atoms with Gasteiger partial charge in [0.1, 0.15) is 0 Å². The number of hydrogen-bond acceptors (Lipinski definition) is 5. The number of benzene rings is 2. The molecule has 1 heterocycles. The van der Waals surface area contributed by atoms with Crippen molar-refractivity contribution in [3.05, 3.63) is 53.1 Å². The highest BCUT2D eigenvalue weighted by Crippen LogP contribution is 2.36. The summed E-state index contributed by atoms with van der Waals surface area (Å²) in [5.74, 6) is -2.67. The molecule has 3 rings (SSSR count). The maximum absolute atomic E-state index is 14.0. The van der Waals surface area contributed by atoms with E-state index in [1.165, 1.54) is 50.6 Å². The Morgan fingerprint density at radius 2 is 1.68 bits per heavy atom. The smallest absolute Gasteiger partial charge is 0.440 e. The van der Waals surface area contributed by atoms with Gasteiger partial charge < -0.3 is 14.8 Å². The normalized spacial score (nSPS) is 18.6. The maximum atomic E-state index is 14.0. The molecule has 1 saturated heterocycles. The number of carbonyl (C=O) groups is 3. The Bertz CT molecular complexity index is 1050. The predicted molar refractivity (Wildman–Crippen MR) is 103 cm³/mol. The highest BCUT2D eigenvalue weighted by atomic mass is 35.5. The van der Waals surface area contributed by atoms with Crippen molar-refractivity contribution in [3.63, 3.8) is 0 Å². The van der Waals surface area contributed by atoms with Crippen LogP contribution in [0.15, 0.2) is 42.5 Å². The Morgan fingerprint density at radius 3 is 2.23 bits per heavy atom. The minimum Gasteiger partial charge on any atom is -0.493 e. The summed E-state index contributed by atoms with van der Waals surface area (Å²) in [4.78, 5) is 38.0. The molecule has 4 amide bonds. The molecule has 12 heteroatoms. The van der Waals surface area contributed by atoms with Crippen molar-refractivity contribution in [2.45, 2.75) is 11.8 Å². The lowest BCUT2D eigenvalue weighted by Gasteiger charge is -2.30. The number of ether oxygens (including phenoxy) is 2. The van der Waals surface area contributed by atoms with E-state index in [0.717, 1.165) is 6.07 Å². The van der Waals surface area contributed by atoms with E-state index in [0.29, 0.717) is 0 Å². The zero-order valence-corrected chi connectivity index (χ0v) is 16.8. The molecule has 2 aromatic carbocycles. The number of nitrogens with one attached hydrogen (secondary N) is 2. The Morgan fingerprint density at radius 1 is 1.06 bits per heavy atom. The van der Waals surface area contributed by atoms with E-state index < -0.39 is 29.7 Å².